The van der Waals surface area contributed by atoms with Gasteiger partial charge in [0.05, 0.1) is 11.5 Å². The van der Waals surface area contributed by atoms with Gasteiger partial charge in [-0.2, -0.15) is 8.78 Å². The van der Waals surface area contributed by atoms with Gasteiger partial charge in [0.2, 0.25) is 0 Å². The summed E-state index contributed by atoms with van der Waals surface area (Å²) < 4.78 is 31.0. The van der Waals surface area contributed by atoms with Gasteiger partial charge in [-0.25, -0.2) is 4.79 Å². The summed E-state index contributed by atoms with van der Waals surface area (Å²) in [5.74, 6) is -5.00. The van der Waals surface area contributed by atoms with E-state index in [-0.39, 0.29) is 11.5 Å². The van der Waals surface area contributed by atoms with Crippen molar-refractivity contribution in [2.24, 2.45) is 0 Å². The molecule has 0 amide bonds. The van der Waals surface area contributed by atoms with Gasteiger partial charge in [0.1, 0.15) is 0 Å². The third kappa shape index (κ3) is 1.92. The first-order valence-corrected chi connectivity index (χ1v) is 4.97. The highest BCUT2D eigenvalue weighted by Gasteiger charge is 2.44. The van der Waals surface area contributed by atoms with Gasteiger partial charge >= 0.3 is 11.9 Å². The van der Waals surface area contributed by atoms with Crippen LogP contribution in [0.1, 0.15) is 17.4 Å². The number of hydrogen-bond acceptors (Lipinski definition) is 3. The van der Waals surface area contributed by atoms with Crippen molar-refractivity contribution in [2.45, 2.75) is 19.8 Å². The van der Waals surface area contributed by atoms with Crippen molar-refractivity contribution in [1.82, 2.24) is 0 Å². The molecule has 0 radical (unpaired) electrons. The van der Waals surface area contributed by atoms with Crippen molar-refractivity contribution in [3.8, 4) is 0 Å². The molecule has 0 bridgehead atoms. The average Bonchev–Trinajstić information content (AvgIpc) is 2.52. The molecule has 2 nitrogen and oxygen atoms in total. The fourth-order valence-corrected chi connectivity index (χ4v) is 1.90. The highest BCUT2D eigenvalue weighted by molar-refractivity contribution is 7.10. The summed E-state index contributed by atoms with van der Waals surface area (Å²) in [6.45, 7) is 2.99. The number of rotatable bonds is 3. The largest absolute Gasteiger partial charge is 0.461 e. The number of esters is 1. The zero-order chi connectivity index (χ0) is 10.8. The standard InChI is InChI=1S/C9H10F2O2S/c1-3-13-8(12)9(10,11)7-6(2)4-5-14-7/h4-5H,3H2,1-2H3. The number of ether oxygens (including phenoxy) is 1. The van der Waals surface area contributed by atoms with Crippen LogP contribution in [0.3, 0.4) is 0 Å². The Balaban J connectivity index is 2.95. The zero-order valence-corrected chi connectivity index (χ0v) is 8.66. The first kappa shape index (κ1) is 11.1. The Labute approximate surface area is 84.5 Å². The molecular formula is C9H10F2O2S. The van der Waals surface area contributed by atoms with Crippen LogP contribution in [0.5, 0.6) is 0 Å². The molecule has 0 N–H and O–H groups in total. The molecule has 0 aliphatic heterocycles. The number of carbonyl (C=O) groups excluding carboxylic acids is 1. The smallest absolute Gasteiger partial charge is 0.382 e. The predicted molar refractivity (Wildman–Crippen MR) is 49.6 cm³/mol. The second-order valence-electron chi connectivity index (χ2n) is 2.73. The SMILES string of the molecule is CCOC(=O)C(F)(F)c1sccc1C. The lowest BCUT2D eigenvalue weighted by Crippen LogP contribution is -2.27. The summed E-state index contributed by atoms with van der Waals surface area (Å²) in [4.78, 5) is 10.7. The second-order valence-corrected chi connectivity index (χ2v) is 3.64. The fourth-order valence-electron chi connectivity index (χ4n) is 1.01. The molecule has 14 heavy (non-hydrogen) atoms. The predicted octanol–water partition coefficient (Wildman–Crippen LogP) is 2.71. The maximum Gasteiger partial charge on any atom is 0.382 e. The minimum atomic E-state index is -3.52. The first-order valence-electron chi connectivity index (χ1n) is 4.09. The summed E-state index contributed by atoms with van der Waals surface area (Å²) in [6.07, 6.45) is 0. The highest BCUT2D eigenvalue weighted by atomic mass is 32.1. The van der Waals surface area contributed by atoms with Crippen LogP contribution < -0.4 is 0 Å². The second kappa shape index (κ2) is 4.04. The van der Waals surface area contributed by atoms with E-state index >= 15 is 0 Å². The van der Waals surface area contributed by atoms with Gasteiger partial charge in [-0.15, -0.1) is 11.3 Å². The summed E-state index contributed by atoms with van der Waals surface area (Å²) in [5, 5.41) is 1.53. The van der Waals surface area contributed by atoms with E-state index in [1.165, 1.54) is 12.3 Å². The number of carbonyl (C=O) groups is 1. The van der Waals surface area contributed by atoms with Crippen LogP contribution in [-0.4, -0.2) is 12.6 Å². The Kier molecular flexibility index (Phi) is 3.21. The molecule has 0 aliphatic rings. The molecule has 1 aromatic rings. The number of halogens is 2. The van der Waals surface area contributed by atoms with Gasteiger partial charge in [0, 0.05) is 0 Å². The molecule has 0 aromatic carbocycles. The maximum absolute atomic E-state index is 13.4. The normalized spacial score (nSPS) is 11.4. The third-order valence-corrected chi connectivity index (χ3v) is 2.77. The average molecular weight is 220 g/mol. The molecule has 5 heteroatoms. The number of alkyl halides is 2. The van der Waals surface area contributed by atoms with Crippen molar-refractivity contribution in [3.05, 3.63) is 21.9 Å². The van der Waals surface area contributed by atoms with E-state index in [0.29, 0.717) is 5.56 Å². The molecule has 0 fully saturated rings. The minimum Gasteiger partial charge on any atom is -0.461 e. The molecule has 0 aliphatic carbocycles. The van der Waals surface area contributed by atoms with Crippen LogP contribution in [0.25, 0.3) is 0 Å². The van der Waals surface area contributed by atoms with E-state index in [2.05, 4.69) is 4.74 Å². The summed E-state index contributed by atoms with van der Waals surface area (Å²) in [7, 11) is 0. The van der Waals surface area contributed by atoms with E-state index < -0.39 is 11.9 Å². The molecule has 1 heterocycles. The lowest BCUT2D eigenvalue weighted by atomic mass is 10.2. The van der Waals surface area contributed by atoms with Crippen molar-refractivity contribution in [2.75, 3.05) is 6.61 Å². The molecule has 1 aromatic heterocycles. The van der Waals surface area contributed by atoms with Crippen LogP contribution in [0.4, 0.5) is 8.78 Å². The maximum atomic E-state index is 13.4. The highest BCUT2D eigenvalue weighted by Crippen LogP contribution is 2.35. The molecule has 1 rings (SSSR count). The molecular weight excluding hydrogens is 210 g/mol. The van der Waals surface area contributed by atoms with Gasteiger partial charge in [-0.3, -0.25) is 0 Å². The fraction of sp³-hybridized carbons (Fsp3) is 0.444. The monoisotopic (exact) mass is 220 g/mol. The number of hydrogen-bond donors (Lipinski definition) is 0. The third-order valence-electron chi connectivity index (χ3n) is 1.68. The van der Waals surface area contributed by atoms with Crippen LogP contribution in [0, 0.1) is 6.92 Å². The topological polar surface area (TPSA) is 26.3 Å². The Morgan fingerprint density at radius 2 is 2.29 bits per heavy atom. The van der Waals surface area contributed by atoms with Crippen molar-refractivity contribution < 1.29 is 18.3 Å². The summed E-state index contributed by atoms with van der Waals surface area (Å²) >= 11 is 0.860. The number of thiophene rings is 1. The van der Waals surface area contributed by atoms with Crippen LogP contribution >= 0.6 is 11.3 Å². The quantitative estimate of drug-likeness (QED) is 0.732. The van der Waals surface area contributed by atoms with E-state index in [4.69, 9.17) is 0 Å². The van der Waals surface area contributed by atoms with Gasteiger partial charge in [0.15, 0.2) is 0 Å². The Bertz CT molecular complexity index is 333. The van der Waals surface area contributed by atoms with Gasteiger partial charge in [0.25, 0.3) is 0 Å². The van der Waals surface area contributed by atoms with Crippen LogP contribution in [-0.2, 0) is 15.5 Å². The van der Waals surface area contributed by atoms with E-state index in [1.54, 1.807) is 13.0 Å². The molecule has 0 saturated carbocycles. The Morgan fingerprint density at radius 3 is 2.71 bits per heavy atom. The van der Waals surface area contributed by atoms with Crippen molar-refractivity contribution in [3.63, 3.8) is 0 Å². The Hall–Kier alpha value is -0.970. The summed E-state index contributed by atoms with van der Waals surface area (Å²) in [6, 6.07) is 1.55. The van der Waals surface area contributed by atoms with Gasteiger partial charge in [-0.05, 0) is 30.9 Å². The molecule has 0 atom stereocenters. The van der Waals surface area contributed by atoms with E-state index in [9.17, 15) is 13.6 Å². The van der Waals surface area contributed by atoms with Crippen LogP contribution in [0.15, 0.2) is 11.4 Å². The van der Waals surface area contributed by atoms with Crippen molar-refractivity contribution in [1.29, 1.82) is 0 Å². The lowest BCUT2D eigenvalue weighted by molar-refractivity contribution is -0.172. The van der Waals surface area contributed by atoms with Crippen LogP contribution in [0.2, 0.25) is 0 Å². The van der Waals surface area contributed by atoms with Gasteiger partial charge < -0.3 is 4.74 Å². The first-order chi connectivity index (χ1) is 6.50. The molecule has 78 valence electrons. The zero-order valence-electron chi connectivity index (χ0n) is 7.84. The molecule has 0 saturated heterocycles. The van der Waals surface area contributed by atoms with E-state index in [0.717, 1.165) is 11.3 Å². The minimum absolute atomic E-state index is 0.0428. The van der Waals surface area contributed by atoms with Crippen molar-refractivity contribution >= 4 is 17.3 Å². The summed E-state index contributed by atoms with van der Waals surface area (Å²) in [5.41, 5.74) is 0.410. The lowest BCUT2D eigenvalue weighted by Gasteiger charge is -2.13. The molecule has 0 unspecified atom stereocenters. The van der Waals surface area contributed by atoms with E-state index in [1.807, 2.05) is 0 Å². The van der Waals surface area contributed by atoms with Gasteiger partial charge in [-0.1, -0.05) is 0 Å². The Morgan fingerprint density at radius 1 is 1.64 bits per heavy atom. The number of aryl methyl sites for hydroxylation is 1. The molecule has 0 spiro atoms.